The van der Waals surface area contributed by atoms with Crippen LogP contribution in [0.5, 0.6) is 0 Å². The molecule has 1 aromatic carbocycles. The van der Waals surface area contributed by atoms with Gasteiger partial charge >= 0.3 is 0 Å². The second-order valence-electron chi connectivity index (χ2n) is 5.54. The van der Waals surface area contributed by atoms with E-state index in [1.165, 1.54) is 19.3 Å². The third kappa shape index (κ3) is 2.50. The zero-order chi connectivity index (χ0) is 13.2. The average Bonchev–Trinajstić information content (AvgIpc) is 2.81. The Hall–Kier alpha value is -1.77. The molecular formula is C16H20N2O. The molecule has 1 saturated carbocycles. The molecule has 0 radical (unpaired) electrons. The minimum atomic E-state index is 0.186. The average molecular weight is 256 g/mol. The van der Waals surface area contributed by atoms with E-state index in [9.17, 15) is 4.79 Å². The Kier molecular flexibility index (Phi) is 3.28. The molecule has 2 N–H and O–H groups in total. The van der Waals surface area contributed by atoms with E-state index in [0.717, 1.165) is 35.1 Å². The van der Waals surface area contributed by atoms with Gasteiger partial charge in [-0.2, -0.15) is 0 Å². The lowest BCUT2D eigenvalue weighted by Gasteiger charge is -2.20. The number of anilines is 1. The molecule has 0 aliphatic heterocycles. The summed E-state index contributed by atoms with van der Waals surface area (Å²) in [7, 11) is 0. The lowest BCUT2D eigenvalue weighted by molar-refractivity contribution is -0.120. The van der Waals surface area contributed by atoms with E-state index in [2.05, 4.69) is 16.4 Å². The monoisotopic (exact) mass is 256 g/mol. The molecule has 1 amide bonds. The maximum Gasteiger partial charge on any atom is 0.227 e. The summed E-state index contributed by atoms with van der Waals surface area (Å²) in [5.74, 6) is 0.384. The van der Waals surface area contributed by atoms with Crippen molar-refractivity contribution >= 4 is 22.5 Å². The number of hydrogen-bond donors (Lipinski definition) is 2. The van der Waals surface area contributed by atoms with Gasteiger partial charge < -0.3 is 10.3 Å². The molecule has 0 bridgehead atoms. The number of nitrogens with one attached hydrogen (secondary N) is 2. The number of hydrogen-bond acceptors (Lipinski definition) is 1. The summed E-state index contributed by atoms with van der Waals surface area (Å²) in [5, 5.41) is 4.21. The maximum atomic E-state index is 12.3. The van der Waals surface area contributed by atoms with Crippen LogP contribution in [0.4, 0.5) is 5.69 Å². The summed E-state index contributed by atoms with van der Waals surface area (Å²) >= 11 is 0. The van der Waals surface area contributed by atoms with Crippen LogP contribution in [0.15, 0.2) is 24.3 Å². The van der Waals surface area contributed by atoms with Crippen molar-refractivity contribution in [1.29, 1.82) is 0 Å². The van der Waals surface area contributed by atoms with Crippen LogP contribution in [0.3, 0.4) is 0 Å². The normalized spacial score (nSPS) is 16.7. The van der Waals surface area contributed by atoms with Gasteiger partial charge in [-0.1, -0.05) is 25.3 Å². The number of carbonyl (C=O) groups is 1. The van der Waals surface area contributed by atoms with Gasteiger partial charge in [0.1, 0.15) is 0 Å². The third-order valence-corrected chi connectivity index (χ3v) is 4.03. The van der Waals surface area contributed by atoms with Crippen LogP contribution in [0.25, 0.3) is 10.9 Å². The summed E-state index contributed by atoms with van der Waals surface area (Å²) in [6.07, 6.45) is 5.72. The second-order valence-corrected chi connectivity index (χ2v) is 5.54. The van der Waals surface area contributed by atoms with Gasteiger partial charge in [0.15, 0.2) is 0 Å². The molecule has 0 saturated heterocycles. The van der Waals surface area contributed by atoms with Crippen molar-refractivity contribution in [1.82, 2.24) is 4.98 Å². The summed E-state index contributed by atoms with van der Waals surface area (Å²) < 4.78 is 0. The van der Waals surface area contributed by atoms with Crippen molar-refractivity contribution in [2.75, 3.05) is 5.32 Å². The van der Waals surface area contributed by atoms with Crippen molar-refractivity contribution in [3.63, 3.8) is 0 Å². The van der Waals surface area contributed by atoms with E-state index >= 15 is 0 Å². The highest BCUT2D eigenvalue weighted by Gasteiger charge is 2.21. The number of aromatic nitrogens is 1. The molecule has 1 aliphatic carbocycles. The minimum Gasteiger partial charge on any atom is -0.359 e. The molecule has 100 valence electrons. The maximum absolute atomic E-state index is 12.3. The SMILES string of the molecule is Cc1cc2c(NC(=O)C3CCCCC3)cccc2[nH]1. The van der Waals surface area contributed by atoms with Crippen LogP contribution in [0.1, 0.15) is 37.8 Å². The summed E-state index contributed by atoms with van der Waals surface area (Å²) in [4.78, 5) is 15.6. The highest BCUT2D eigenvalue weighted by molar-refractivity contribution is 6.02. The van der Waals surface area contributed by atoms with Crippen LogP contribution in [-0.4, -0.2) is 10.9 Å². The fourth-order valence-electron chi connectivity index (χ4n) is 3.00. The molecular weight excluding hydrogens is 236 g/mol. The highest BCUT2D eigenvalue weighted by Crippen LogP contribution is 2.28. The molecule has 0 unspecified atom stereocenters. The lowest BCUT2D eigenvalue weighted by Crippen LogP contribution is -2.24. The van der Waals surface area contributed by atoms with Crippen LogP contribution in [0, 0.1) is 12.8 Å². The number of H-pyrrole nitrogens is 1. The Morgan fingerprint density at radius 3 is 2.84 bits per heavy atom. The molecule has 1 aromatic heterocycles. The molecule has 1 heterocycles. The number of carbonyl (C=O) groups excluding carboxylic acids is 1. The number of fused-ring (bicyclic) bond motifs is 1. The fraction of sp³-hybridized carbons (Fsp3) is 0.438. The van der Waals surface area contributed by atoms with Crippen molar-refractivity contribution in [2.24, 2.45) is 5.92 Å². The molecule has 19 heavy (non-hydrogen) atoms. The Balaban J connectivity index is 1.82. The van der Waals surface area contributed by atoms with Crippen molar-refractivity contribution < 1.29 is 4.79 Å². The molecule has 3 nitrogen and oxygen atoms in total. The first kappa shape index (κ1) is 12.3. The standard InChI is InChI=1S/C16H20N2O/c1-11-10-13-14(17-11)8-5-9-15(13)18-16(19)12-6-3-2-4-7-12/h5,8-10,12,17H,2-4,6-7H2,1H3,(H,18,19). The molecule has 1 aliphatic rings. The van der Waals surface area contributed by atoms with Crippen LogP contribution in [0.2, 0.25) is 0 Å². The summed E-state index contributed by atoms with van der Waals surface area (Å²) in [6.45, 7) is 2.03. The lowest BCUT2D eigenvalue weighted by atomic mass is 9.88. The Bertz CT molecular complexity index is 594. The highest BCUT2D eigenvalue weighted by atomic mass is 16.1. The Morgan fingerprint density at radius 2 is 2.05 bits per heavy atom. The van der Waals surface area contributed by atoms with Gasteiger partial charge in [0.05, 0.1) is 5.69 Å². The van der Waals surface area contributed by atoms with Gasteiger partial charge in [-0.05, 0) is 38.0 Å². The van der Waals surface area contributed by atoms with E-state index in [-0.39, 0.29) is 11.8 Å². The van der Waals surface area contributed by atoms with E-state index in [4.69, 9.17) is 0 Å². The third-order valence-electron chi connectivity index (χ3n) is 4.03. The topological polar surface area (TPSA) is 44.9 Å². The summed E-state index contributed by atoms with van der Waals surface area (Å²) in [5.41, 5.74) is 3.13. The van der Waals surface area contributed by atoms with Crippen molar-refractivity contribution in [3.05, 3.63) is 30.0 Å². The van der Waals surface area contributed by atoms with Gasteiger partial charge in [0, 0.05) is 22.5 Å². The van der Waals surface area contributed by atoms with Gasteiger partial charge in [-0.3, -0.25) is 4.79 Å². The number of aromatic amines is 1. The van der Waals surface area contributed by atoms with Gasteiger partial charge in [-0.25, -0.2) is 0 Å². The number of benzene rings is 1. The molecule has 3 rings (SSSR count). The smallest absolute Gasteiger partial charge is 0.227 e. The fourth-order valence-corrected chi connectivity index (χ4v) is 3.00. The molecule has 0 spiro atoms. The van der Waals surface area contributed by atoms with Crippen molar-refractivity contribution in [3.8, 4) is 0 Å². The zero-order valence-corrected chi connectivity index (χ0v) is 11.3. The first-order valence-corrected chi connectivity index (χ1v) is 7.13. The van der Waals surface area contributed by atoms with Crippen LogP contribution < -0.4 is 5.32 Å². The largest absolute Gasteiger partial charge is 0.359 e. The van der Waals surface area contributed by atoms with Gasteiger partial charge in [0.25, 0.3) is 0 Å². The molecule has 2 aromatic rings. The second kappa shape index (κ2) is 5.08. The molecule has 1 fully saturated rings. The first-order valence-electron chi connectivity index (χ1n) is 7.13. The predicted octanol–water partition coefficient (Wildman–Crippen LogP) is 4.00. The van der Waals surface area contributed by atoms with E-state index in [1.807, 2.05) is 25.1 Å². The molecule has 3 heteroatoms. The van der Waals surface area contributed by atoms with Crippen molar-refractivity contribution in [2.45, 2.75) is 39.0 Å². The Labute approximate surface area is 113 Å². The van der Waals surface area contributed by atoms with E-state index < -0.39 is 0 Å². The summed E-state index contributed by atoms with van der Waals surface area (Å²) in [6, 6.07) is 8.09. The zero-order valence-electron chi connectivity index (χ0n) is 11.3. The minimum absolute atomic E-state index is 0.186. The number of aryl methyl sites for hydroxylation is 1. The number of amides is 1. The molecule has 0 atom stereocenters. The first-order chi connectivity index (χ1) is 9.24. The van der Waals surface area contributed by atoms with E-state index in [0.29, 0.717) is 0 Å². The van der Waals surface area contributed by atoms with Gasteiger partial charge in [-0.15, -0.1) is 0 Å². The van der Waals surface area contributed by atoms with E-state index in [1.54, 1.807) is 0 Å². The van der Waals surface area contributed by atoms with Gasteiger partial charge in [0.2, 0.25) is 5.91 Å². The Morgan fingerprint density at radius 1 is 1.26 bits per heavy atom. The number of rotatable bonds is 2. The predicted molar refractivity (Wildman–Crippen MR) is 78.2 cm³/mol. The van der Waals surface area contributed by atoms with Crippen LogP contribution in [-0.2, 0) is 4.79 Å². The quantitative estimate of drug-likeness (QED) is 0.838. The van der Waals surface area contributed by atoms with Crippen LogP contribution >= 0.6 is 0 Å².